The van der Waals surface area contributed by atoms with Crippen molar-refractivity contribution in [3.63, 3.8) is 0 Å². The lowest BCUT2D eigenvalue weighted by atomic mass is 10.2. The summed E-state index contributed by atoms with van der Waals surface area (Å²) in [5.41, 5.74) is 1.18. The molecule has 2 aliphatic heterocycles. The van der Waals surface area contributed by atoms with E-state index < -0.39 is 0 Å². The molecule has 0 saturated carbocycles. The van der Waals surface area contributed by atoms with Crippen LogP contribution in [0, 0.1) is 0 Å². The Bertz CT molecular complexity index is 806. The standard InChI is InChI=1S/C21H29N7O.HI/c1-22-21(28-11-9-26(10-12-28)19-6-2-3-7-23-19)25-17-18-5-4-8-24-20(18)27-13-15-29-16-14-27;/h2-8H,9-17H2,1H3,(H,22,25);1H. The van der Waals surface area contributed by atoms with Crippen molar-refractivity contribution in [1.29, 1.82) is 0 Å². The summed E-state index contributed by atoms with van der Waals surface area (Å²) >= 11 is 0. The highest BCUT2D eigenvalue weighted by Crippen LogP contribution is 2.18. The van der Waals surface area contributed by atoms with E-state index in [9.17, 15) is 0 Å². The molecule has 1 N–H and O–H groups in total. The first-order valence-electron chi connectivity index (χ1n) is 10.2. The molecule has 2 aromatic heterocycles. The average Bonchev–Trinajstić information content (AvgIpc) is 2.81. The van der Waals surface area contributed by atoms with Gasteiger partial charge in [0.25, 0.3) is 0 Å². The highest BCUT2D eigenvalue weighted by molar-refractivity contribution is 14.0. The Morgan fingerprint density at radius 1 is 0.967 bits per heavy atom. The Labute approximate surface area is 195 Å². The number of piperazine rings is 1. The van der Waals surface area contributed by atoms with E-state index in [2.05, 4.69) is 47.1 Å². The molecular formula is C21H30IN7O. The first kappa shape index (κ1) is 22.5. The van der Waals surface area contributed by atoms with Crippen LogP contribution >= 0.6 is 24.0 Å². The minimum absolute atomic E-state index is 0. The van der Waals surface area contributed by atoms with Crippen molar-refractivity contribution in [3.05, 3.63) is 48.3 Å². The lowest BCUT2D eigenvalue weighted by molar-refractivity contribution is 0.122. The van der Waals surface area contributed by atoms with Crippen LogP contribution in [-0.4, -0.2) is 80.4 Å². The van der Waals surface area contributed by atoms with Crippen molar-refractivity contribution in [1.82, 2.24) is 20.2 Å². The second-order valence-corrected chi connectivity index (χ2v) is 7.15. The van der Waals surface area contributed by atoms with E-state index >= 15 is 0 Å². The van der Waals surface area contributed by atoms with Gasteiger partial charge in [0.2, 0.25) is 0 Å². The highest BCUT2D eigenvalue weighted by atomic mass is 127. The van der Waals surface area contributed by atoms with Crippen LogP contribution in [0.3, 0.4) is 0 Å². The van der Waals surface area contributed by atoms with Crippen LogP contribution < -0.4 is 15.1 Å². The lowest BCUT2D eigenvalue weighted by Gasteiger charge is -2.37. The van der Waals surface area contributed by atoms with Gasteiger partial charge in [0.15, 0.2) is 5.96 Å². The van der Waals surface area contributed by atoms with Crippen LogP contribution in [-0.2, 0) is 11.3 Å². The van der Waals surface area contributed by atoms with E-state index in [0.717, 1.165) is 70.1 Å². The predicted octanol–water partition coefficient (Wildman–Crippen LogP) is 1.83. The van der Waals surface area contributed by atoms with Gasteiger partial charge in [-0.3, -0.25) is 4.99 Å². The number of guanidine groups is 1. The van der Waals surface area contributed by atoms with Gasteiger partial charge < -0.3 is 24.8 Å². The van der Waals surface area contributed by atoms with Gasteiger partial charge >= 0.3 is 0 Å². The van der Waals surface area contributed by atoms with E-state index in [-0.39, 0.29) is 24.0 Å². The van der Waals surface area contributed by atoms with Crippen molar-refractivity contribution in [2.24, 2.45) is 4.99 Å². The number of rotatable bonds is 4. The van der Waals surface area contributed by atoms with Crippen molar-refractivity contribution in [2.45, 2.75) is 6.54 Å². The molecule has 0 aliphatic carbocycles. The molecule has 162 valence electrons. The molecule has 2 aromatic rings. The molecule has 8 nitrogen and oxygen atoms in total. The number of hydrogen-bond donors (Lipinski definition) is 1. The Morgan fingerprint density at radius 2 is 1.73 bits per heavy atom. The number of pyridine rings is 2. The van der Waals surface area contributed by atoms with Crippen molar-refractivity contribution in [2.75, 3.05) is 69.3 Å². The fourth-order valence-corrected chi connectivity index (χ4v) is 3.82. The maximum Gasteiger partial charge on any atom is 0.194 e. The van der Waals surface area contributed by atoms with Crippen LogP contribution in [0.25, 0.3) is 0 Å². The molecule has 0 spiro atoms. The molecule has 2 saturated heterocycles. The van der Waals surface area contributed by atoms with Crippen LogP contribution in [0.4, 0.5) is 11.6 Å². The quantitative estimate of drug-likeness (QED) is 0.373. The van der Waals surface area contributed by atoms with Gasteiger partial charge in [-0.25, -0.2) is 9.97 Å². The molecule has 0 amide bonds. The zero-order valence-electron chi connectivity index (χ0n) is 17.4. The van der Waals surface area contributed by atoms with Gasteiger partial charge in [-0.15, -0.1) is 24.0 Å². The van der Waals surface area contributed by atoms with Gasteiger partial charge in [-0.2, -0.15) is 0 Å². The normalized spacial score (nSPS) is 17.5. The summed E-state index contributed by atoms with van der Waals surface area (Å²) in [5, 5.41) is 3.53. The third kappa shape index (κ3) is 5.51. The molecular weight excluding hydrogens is 493 g/mol. The maximum absolute atomic E-state index is 5.48. The third-order valence-electron chi connectivity index (χ3n) is 5.38. The largest absolute Gasteiger partial charge is 0.378 e. The number of aliphatic imine (C=N–C) groups is 1. The van der Waals surface area contributed by atoms with Gasteiger partial charge in [0.1, 0.15) is 11.6 Å². The first-order chi connectivity index (χ1) is 14.3. The summed E-state index contributed by atoms with van der Waals surface area (Å²) in [5.74, 6) is 3.02. The van der Waals surface area contributed by atoms with Gasteiger partial charge in [-0.05, 0) is 18.2 Å². The zero-order valence-corrected chi connectivity index (χ0v) is 19.7. The van der Waals surface area contributed by atoms with E-state index in [1.807, 2.05) is 37.6 Å². The molecule has 2 fully saturated rings. The second kappa shape index (κ2) is 11.3. The van der Waals surface area contributed by atoms with E-state index in [0.29, 0.717) is 6.54 Å². The summed E-state index contributed by atoms with van der Waals surface area (Å²) in [6.45, 7) is 7.68. The Balaban J connectivity index is 0.00000256. The SMILES string of the molecule is CN=C(NCc1cccnc1N1CCOCC1)N1CCN(c2ccccn2)CC1.I. The lowest BCUT2D eigenvalue weighted by Crippen LogP contribution is -2.52. The second-order valence-electron chi connectivity index (χ2n) is 7.15. The molecule has 9 heteroatoms. The molecule has 4 rings (SSSR count). The summed E-state index contributed by atoms with van der Waals surface area (Å²) in [6, 6.07) is 10.2. The number of hydrogen-bond acceptors (Lipinski definition) is 6. The van der Waals surface area contributed by atoms with E-state index in [1.54, 1.807) is 0 Å². The van der Waals surface area contributed by atoms with Crippen LogP contribution in [0.1, 0.15) is 5.56 Å². The Kier molecular flexibility index (Phi) is 8.50. The topological polar surface area (TPSA) is 69.1 Å². The summed E-state index contributed by atoms with van der Waals surface area (Å²) in [4.78, 5) is 20.5. The molecule has 0 bridgehead atoms. The number of anilines is 2. The summed E-state index contributed by atoms with van der Waals surface area (Å²) in [6.07, 6.45) is 3.71. The zero-order chi connectivity index (χ0) is 19.9. The van der Waals surface area contributed by atoms with Crippen molar-refractivity contribution < 1.29 is 4.74 Å². The molecule has 0 unspecified atom stereocenters. The molecule has 2 aliphatic rings. The minimum atomic E-state index is 0. The fourth-order valence-electron chi connectivity index (χ4n) is 3.82. The van der Waals surface area contributed by atoms with Gasteiger partial charge in [0.05, 0.1) is 13.2 Å². The number of nitrogens with zero attached hydrogens (tertiary/aromatic N) is 6. The molecule has 0 radical (unpaired) electrons. The first-order valence-corrected chi connectivity index (χ1v) is 10.2. The van der Waals surface area contributed by atoms with E-state index in [1.165, 1.54) is 5.56 Å². The molecule has 0 atom stereocenters. The number of ether oxygens (including phenoxy) is 1. The van der Waals surface area contributed by atoms with Crippen LogP contribution in [0.5, 0.6) is 0 Å². The molecule has 0 aromatic carbocycles. The fraction of sp³-hybridized carbons (Fsp3) is 0.476. The molecule has 4 heterocycles. The van der Waals surface area contributed by atoms with E-state index in [4.69, 9.17) is 4.74 Å². The summed E-state index contributed by atoms with van der Waals surface area (Å²) < 4.78 is 5.48. The summed E-state index contributed by atoms with van der Waals surface area (Å²) in [7, 11) is 1.85. The van der Waals surface area contributed by atoms with Crippen molar-refractivity contribution in [3.8, 4) is 0 Å². The average molecular weight is 523 g/mol. The predicted molar refractivity (Wildman–Crippen MR) is 131 cm³/mol. The molecule has 30 heavy (non-hydrogen) atoms. The van der Waals surface area contributed by atoms with Crippen LogP contribution in [0.15, 0.2) is 47.7 Å². The number of halogens is 1. The van der Waals surface area contributed by atoms with Gasteiger partial charge in [0, 0.05) is 70.8 Å². The minimum Gasteiger partial charge on any atom is -0.378 e. The smallest absolute Gasteiger partial charge is 0.194 e. The number of nitrogens with one attached hydrogen (secondary N) is 1. The number of morpholine rings is 1. The van der Waals surface area contributed by atoms with Crippen LogP contribution in [0.2, 0.25) is 0 Å². The Hall–Kier alpha value is -2.14. The van der Waals surface area contributed by atoms with Crippen molar-refractivity contribution >= 4 is 41.6 Å². The monoisotopic (exact) mass is 523 g/mol. The number of aromatic nitrogens is 2. The maximum atomic E-state index is 5.48. The highest BCUT2D eigenvalue weighted by Gasteiger charge is 2.21. The Morgan fingerprint density at radius 3 is 2.43 bits per heavy atom. The third-order valence-corrected chi connectivity index (χ3v) is 5.38. The van der Waals surface area contributed by atoms with Gasteiger partial charge in [-0.1, -0.05) is 12.1 Å².